The van der Waals surface area contributed by atoms with Gasteiger partial charge in [0.15, 0.2) is 17.2 Å². The molecule has 0 saturated carbocycles. The van der Waals surface area contributed by atoms with Crippen molar-refractivity contribution in [3.8, 4) is 28.8 Å². The van der Waals surface area contributed by atoms with Crippen LogP contribution in [-0.2, 0) is 6.18 Å². The molecule has 3 fully saturated rings. The van der Waals surface area contributed by atoms with E-state index in [1.165, 1.54) is 0 Å². The molecule has 41 heavy (non-hydrogen) atoms. The lowest BCUT2D eigenvalue weighted by atomic mass is 9.95. The van der Waals surface area contributed by atoms with Crippen LogP contribution in [0.2, 0.25) is 5.02 Å². The molecule has 2 N–H and O–H groups in total. The van der Waals surface area contributed by atoms with Crippen LogP contribution in [-0.4, -0.2) is 74.5 Å². The smallest absolute Gasteiger partial charge is 0.418 e. The van der Waals surface area contributed by atoms with Gasteiger partial charge in [-0.3, -0.25) is 4.90 Å². The zero-order valence-electron chi connectivity index (χ0n) is 22.3. The number of aromatic hydroxyl groups is 1. The number of benzene rings is 1. The lowest BCUT2D eigenvalue weighted by Crippen LogP contribution is -2.51. The first kappa shape index (κ1) is 27.9. The lowest BCUT2D eigenvalue weighted by Gasteiger charge is -2.36. The first-order valence-corrected chi connectivity index (χ1v) is 14.1. The van der Waals surface area contributed by atoms with Gasteiger partial charge in [0, 0.05) is 31.2 Å². The Morgan fingerprint density at radius 3 is 2.59 bits per heavy atom. The van der Waals surface area contributed by atoms with E-state index in [2.05, 4.69) is 37.2 Å². The number of hydrogen-bond acceptors (Lipinski definition) is 8. The molecule has 0 radical (unpaired) electrons. The van der Waals surface area contributed by atoms with E-state index in [4.69, 9.17) is 16.6 Å². The fourth-order valence-corrected chi connectivity index (χ4v) is 6.65. The largest absolute Gasteiger partial charge is 0.508 e. The number of hydrogen-bond donors (Lipinski definition) is 2. The SMILES string of the molecule is CC[C@H]1CNCCN1c1nc(C#CC23CCCN2CCC3)nc2c(F)c(-c3cc(O)cc(Cl)c3C(F)(F)F)nnc12. The molecule has 3 aliphatic heterocycles. The highest BCUT2D eigenvalue weighted by Gasteiger charge is 2.43. The third-order valence-electron chi connectivity index (χ3n) is 8.29. The van der Waals surface area contributed by atoms with Crippen molar-refractivity contribution >= 4 is 28.5 Å². The van der Waals surface area contributed by atoms with Crippen molar-refractivity contribution in [2.75, 3.05) is 37.6 Å². The number of fused-ring (bicyclic) bond motifs is 2. The number of alkyl halides is 3. The minimum atomic E-state index is -4.94. The zero-order chi connectivity index (χ0) is 28.9. The summed E-state index contributed by atoms with van der Waals surface area (Å²) in [5.74, 6) is 5.15. The molecule has 3 aromatic rings. The number of halogens is 5. The van der Waals surface area contributed by atoms with Gasteiger partial charge in [-0.05, 0) is 63.2 Å². The van der Waals surface area contributed by atoms with Crippen LogP contribution in [0.3, 0.4) is 0 Å². The molecule has 6 rings (SSSR count). The fourth-order valence-electron chi connectivity index (χ4n) is 6.33. The minimum absolute atomic E-state index is 0.0210. The third kappa shape index (κ3) is 4.94. The number of anilines is 1. The summed E-state index contributed by atoms with van der Waals surface area (Å²) in [6.45, 7) is 5.85. The molecule has 216 valence electrons. The van der Waals surface area contributed by atoms with Crippen LogP contribution in [0.15, 0.2) is 12.1 Å². The van der Waals surface area contributed by atoms with Crippen LogP contribution in [0.1, 0.15) is 50.4 Å². The molecule has 2 aromatic heterocycles. The van der Waals surface area contributed by atoms with Crippen molar-refractivity contribution in [1.82, 2.24) is 30.4 Å². The number of phenolic OH excluding ortho intramolecular Hbond substituents is 1. The monoisotopic (exact) mass is 589 g/mol. The normalized spacial score (nSPS) is 20.7. The number of aromatic nitrogens is 4. The molecule has 0 spiro atoms. The molecule has 0 bridgehead atoms. The Balaban J connectivity index is 1.56. The second kappa shape index (κ2) is 10.5. The maximum Gasteiger partial charge on any atom is 0.418 e. The van der Waals surface area contributed by atoms with E-state index >= 15 is 4.39 Å². The number of rotatable bonds is 3. The predicted molar refractivity (Wildman–Crippen MR) is 146 cm³/mol. The molecular formula is C28H28ClF4N7O. The Bertz CT molecular complexity index is 1560. The summed E-state index contributed by atoms with van der Waals surface area (Å²) in [6, 6.07) is 1.54. The van der Waals surface area contributed by atoms with Gasteiger partial charge in [-0.25, -0.2) is 14.4 Å². The third-order valence-corrected chi connectivity index (χ3v) is 8.59. The van der Waals surface area contributed by atoms with E-state index in [0.29, 0.717) is 25.5 Å². The quantitative estimate of drug-likeness (QED) is 0.334. The Labute approximate surface area is 239 Å². The first-order valence-electron chi connectivity index (χ1n) is 13.7. The molecule has 0 unspecified atom stereocenters. The van der Waals surface area contributed by atoms with Crippen LogP contribution < -0.4 is 10.2 Å². The van der Waals surface area contributed by atoms with Crippen LogP contribution in [0.25, 0.3) is 22.3 Å². The Hall–Kier alpha value is -3.27. The second-order valence-corrected chi connectivity index (χ2v) is 11.1. The highest BCUT2D eigenvalue weighted by Crippen LogP contribution is 2.44. The highest BCUT2D eigenvalue weighted by molar-refractivity contribution is 6.32. The van der Waals surface area contributed by atoms with E-state index in [1.807, 2.05) is 11.8 Å². The Morgan fingerprint density at radius 1 is 1.12 bits per heavy atom. The topological polar surface area (TPSA) is 90.3 Å². The van der Waals surface area contributed by atoms with Gasteiger partial charge >= 0.3 is 6.18 Å². The van der Waals surface area contributed by atoms with E-state index < -0.39 is 39.6 Å². The van der Waals surface area contributed by atoms with Crippen LogP contribution >= 0.6 is 11.6 Å². The number of nitrogens with zero attached hydrogens (tertiary/aromatic N) is 6. The number of phenols is 1. The van der Waals surface area contributed by atoms with Crippen LogP contribution in [0, 0.1) is 17.7 Å². The van der Waals surface area contributed by atoms with Gasteiger partial charge in [-0.1, -0.05) is 24.4 Å². The molecule has 1 atom stereocenters. The van der Waals surface area contributed by atoms with Gasteiger partial charge in [-0.2, -0.15) is 13.2 Å². The first-order chi connectivity index (χ1) is 19.6. The van der Waals surface area contributed by atoms with Crippen molar-refractivity contribution in [2.24, 2.45) is 0 Å². The number of nitrogens with one attached hydrogen (secondary N) is 1. The summed E-state index contributed by atoms with van der Waals surface area (Å²) in [7, 11) is 0. The molecule has 0 aliphatic carbocycles. The van der Waals surface area contributed by atoms with E-state index in [-0.39, 0.29) is 28.4 Å². The maximum atomic E-state index is 16.3. The van der Waals surface area contributed by atoms with Crippen molar-refractivity contribution in [2.45, 2.75) is 56.8 Å². The lowest BCUT2D eigenvalue weighted by molar-refractivity contribution is -0.137. The summed E-state index contributed by atoms with van der Waals surface area (Å²) in [6.07, 6.45) is -0.239. The van der Waals surface area contributed by atoms with Gasteiger partial charge in [-0.15, -0.1) is 10.2 Å². The molecule has 0 amide bonds. The summed E-state index contributed by atoms with van der Waals surface area (Å²) in [5, 5.41) is 20.6. The molecular weight excluding hydrogens is 562 g/mol. The molecule has 3 aliphatic rings. The maximum absolute atomic E-state index is 16.3. The van der Waals surface area contributed by atoms with E-state index in [1.54, 1.807) is 0 Å². The zero-order valence-corrected chi connectivity index (χ0v) is 23.1. The predicted octanol–water partition coefficient (Wildman–Crippen LogP) is 4.77. The van der Waals surface area contributed by atoms with Crippen LogP contribution in [0.5, 0.6) is 5.75 Å². The summed E-state index contributed by atoms with van der Waals surface area (Å²) >= 11 is 5.86. The molecule has 1 aromatic carbocycles. The Kier molecular flexibility index (Phi) is 7.16. The standard InChI is InChI=1S/C28H28ClF4N7O/c1-2-16-15-34-9-12-40(16)26-25-24(35-20(36-26)5-8-27-6-3-10-39(27)11-4-7-27)22(30)23(37-38-25)18-13-17(41)14-19(29)21(18)28(31,32)33/h13-14,16,34,41H,2-4,6-7,9-12,15H2,1H3/t16-/m0/s1. The van der Waals surface area contributed by atoms with Gasteiger partial charge in [0.25, 0.3) is 0 Å². The average molecular weight is 590 g/mol. The highest BCUT2D eigenvalue weighted by atomic mass is 35.5. The van der Waals surface area contributed by atoms with Gasteiger partial charge in [0.1, 0.15) is 17.0 Å². The van der Waals surface area contributed by atoms with E-state index in [9.17, 15) is 18.3 Å². The van der Waals surface area contributed by atoms with Crippen LogP contribution in [0.4, 0.5) is 23.4 Å². The van der Waals surface area contributed by atoms with Gasteiger partial charge in [0.05, 0.1) is 16.1 Å². The summed E-state index contributed by atoms with van der Waals surface area (Å²) < 4.78 is 58.2. The Morgan fingerprint density at radius 2 is 1.88 bits per heavy atom. The second-order valence-electron chi connectivity index (χ2n) is 10.7. The van der Waals surface area contributed by atoms with E-state index in [0.717, 1.165) is 57.3 Å². The van der Waals surface area contributed by atoms with Crippen molar-refractivity contribution in [3.63, 3.8) is 0 Å². The minimum Gasteiger partial charge on any atom is -0.508 e. The molecule has 5 heterocycles. The summed E-state index contributed by atoms with van der Waals surface area (Å²) in [4.78, 5) is 13.4. The van der Waals surface area contributed by atoms with Gasteiger partial charge < -0.3 is 15.3 Å². The fraction of sp³-hybridized carbons (Fsp3) is 0.500. The van der Waals surface area contributed by atoms with Crippen molar-refractivity contribution in [3.05, 3.63) is 34.4 Å². The molecule has 13 heteroatoms. The number of piperazine rings is 1. The van der Waals surface area contributed by atoms with Crippen molar-refractivity contribution < 1.29 is 22.7 Å². The van der Waals surface area contributed by atoms with Gasteiger partial charge in [0.2, 0.25) is 5.82 Å². The van der Waals surface area contributed by atoms with Crippen molar-refractivity contribution in [1.29, 1.82) is 0 Å². The molecule has 3 saturated heterocycles. The molecule has 8 nitrogen and oxygen atoms in total. The summed E-state index contributed by atoms with van der Waals surface area (Å²) in [5.41, 5.74) is -3.32. The average Bonchev–Trinajstić information content (AvgIpc) is 3.51.